The second kappa shape index (κ2) is 7.05. The molecular formula is C18H25NO4S. The highest BCUT2D eigenvalue weighted by Gasteiger charge is 2.45. The molecule has 1 aliphatic carbocycles. The van der Waals surface area contributed by atoms with Crippen LogP contribution >= 0.6 is 0 Å². The zero-order valence-electron chi connectivity index (χ0n) is 14.4. The molecule has 1 saturated carbocycles. The molecule has 1 amide bonds. The molecule has 1 aromatic rings. The SMILES string of the molecule is CC(C)(C)S(=O)Cc1cccc(NC(=O)CC2(C(=O)O)CCC2)c1. The molecule has 132 valence electrons. The lowest BCUT2D eigenvalue weighted by atomic mass is 9.66. The van der Waals surface area contributed by atoms with Crippen LogP contribution in [0, 0.1) is 5.41 Å². The Balaban J connectivity index is 2.00. The Morgan fingerprint density at radius 1 is 1.29 bits per heavy atom. The van der Waals surface area contributed by atoms with Crippen molar-refractivity contribution >= 4 is 28.4 Å². The zero-order chi connectivity index (χ0) is 18.0. The molecule has 0 bridgehead atoms. The lowest BCUT2D eigenvalue weighted by Crippen LogP contribution is -2.41. The van der Waals surface area contributed by atoms with E-state index in [0.717, 1.165) is 12.0 Å². The van der Waals surface area contributed by atoms with E-state index in [4.69, 9.17) is 0 Å². The average Bonchev–Trinajstić information content (AvgIpc) is 2.41. The quantitative estimate of drug-likeness (QED) is 0.823. The normalized spacial score (nSPS) is 17.6. The van der Waals surface area contributed by atoms with Gasteiger partial charge < -0.3 is 10.4 Å². The van der Waals surface area contributed by atoms with Gasteiger partial charge in [0.05, 0.1) is 5.41 Å². The van der Waals surface area contributed by atoms with Gasteiger partial charge in [0.15, 0.2) is 0 Å². The van der Waals surface area contributed by atoms with Crippen LogP contribution in [0.15, 0.2) is 24.3 Å². The number of nitrogens with one attached hydrogen (secondary N) is 1. The van der Waals surface area contributed by atoms with Crippen molar-refractivity contribution in [3.8, 4) is 0 Å². The van der Waals surface area contributed by atoms with Crippen molar-refractivity contribution in [2.24, 2.45) is 5.41 Å². The summed E-state index contributed by atoms with van der Waals surface area (Å²) in [5.74, 6) is -0.754. The molecule has 0 spiro atoms. The largest absolute Gasteiger partial charge is 0.481 e. The maximum Gasteiger partial charge on any atom is 0.310 e. The van der Waals surface area contributed by atoms with E-state index in [1.165, 1.54) is 0 Å². The number of carbonyl (C=O) groups excluding carboxylic acids is 1. The molecule has 1 aromatic carbocycles. The lowest BCUT2D eigenvalue weighted by molar-refractivity contribution is -0.157. The first-order chi connectivity index (χ1) is 11.1. The lowest BCUT2D eigenvalue weighted by Gasteiger charge is -2.36. The summed E-state index contributed by atoms with van der Waals surface area (Å²) in [5.41, 5.74) is 0.607. The van der Waals surface area contributed by atoms with Gasteiger partial charge in [0, 0.05) is 33.4 Å². The van der Waals surface area contributed by atoms with Crippen molar-refractivity contribution in [1.82, 2.24) is 0 Å². The monoisotopic (exact) mass is 351 g/mol. The van der Waals surface area contributed by atoms with Crippen molar-refractivity contribution in [2.45, 2.75) is 57.0 Å². The minimum Gasteiger partial charge on any atom is -0.481 e. The molecule has 0 aromatic heterocycles. The zero-order valence-corrected chi connectivity index (χ0v) is 15.2. The van der Waals surface area contributed by atoms with Crippen LogP contribution in [0.2, 0.25) is 0 Å². The average molecular weight is 351 g/mol. The van der Waals surface area contributed by atoms with Gasteiger partial charge in [-0.05, 0) is 51.3 Å². The molecule has 0 saturated heterocycles. The molecule has 1 atom stereocenters. The van der Waals surface area contributed by atoms with Gasteiger partial charge in [-0.2, -0.15) is 0 Å². The number of amides is 1. The predicted molar refractivity (Wildman–Crippen MR) is 95.2 cm³/mol. The van der Waals surface area contributed by atoms with Crippen LogP contribution in [-0.4, -0.2) is 25.9 Å². The second-order valence-corrected chi connectivity index (χ2v) is 9.67. The summed E-state index contributed by atoms with van der Waals surface area (Å²) in [5, 5.41) is 12.1. The maximum absolute atomic E-state index is 12.2. The summed E-state index contributed by atoms with van der Waals surface area (Å²) in [4.78, 5) is 23.5. The number of hydrogen-bond donors (Lipinski definition) is 2. The van der Waals surface area contributed by atoms with Crippen molar-refractivity contribution in [1.29, 1.82) is 0 Å². The number of aliphatic carboxylic acids is 1. The summed E-state index contributed by atoms with van der Waals surface area (Å²) in [6.45, 7) is 5.79. The molecule has 0 heterocycles. The van der Waals surface area contributed by atoms with Gasteiger partial charge in [-0.3, -0.25) is 13.8 Å². The van der Waals surface area contributed by atoms with E-state index in [9.17, 15) is 18.9 Å². The summed E-state index contributed by atoms with van der Waals surface area (Å²) in [7, 11) is -1.01. The van der Waals surface area contributed by atoms with Gasteiger partial charge in [0.1, 0.15) is 0 Å². The van der Waals surface area contributed by atoms with Crippen LogP contribution in [0.4, 0.5) is 5.69 Å². The molecule has 24 heavy (non-hydrogen) atoms. The molecule has 1 unspecified atom stereocenters. The van der Waals surface area contributed by atoms with Crippen LogP contribution in [0.1, 0.15) is 52.0 Å². The first-order valence-corrected chi connectivity index (χ1v) is 9.45. The third kappa shape index (κ3) is 4.44. The molecule has 1 aliphatic rings. The summed E-state index contributed by atoms with van der Waals surface area (Å²) >= 11 is 0. The molecular weight excluding hydrogens is 326 g/mol. The first kappa shape index (κ1) is 18.6. The fourth-order valence-corrected chi connectivity index (χ4v) is 3.60. The number of rotatable bonds is 6. The third-order valence-corrected chi connectivity index (χ3v) is 6.42. The Hall–Kier alpha value is -1.69. The first-order valence-electron chi connectivity index (χ1n) is 8.13. The van der Waals surface area contributed by atoms with Crippen LogP contribution in [0.5, 0.6) is 0 Å². The highest BCUT2D eigenvalue weighted by molar-refractivity contribution is 7.85. The molecule has 5 nitrogen and oxygen atoms in total. The molecule has 0 radical (unpaired) electrons. The van der Waals surface area contributed by atoms with E-state index >= 15 is 0 Å². The number of anilines is 1. The van der Waals surface area contributed by atoms with Crippen molar-refractivity contribution in [2.75, 3.05) is 5.32 Å². The fourth-order valence-electron chi connectivity index (χ4n) is 2.69. The number of carbonyl (C=O) groups is 2. The van der Waals surface area contributed by atoms with Gasteiger partial charge in [-0.1, -0.05) is 18.6 Å². The van der Waals surface area contributed by atoms with Crippen LogP contribution < -0.4 is 5.32 Å². The molecule has 1 fully saturated rings. The van der Waals surface area contributed by atoms with Crippen molar-refractivity contribution < 1.29 is 18.9 Å². The van der Waals surface area contributed by atoms with Gasteiger partial charge in [0.25, 0.3) is 0 Å². The van der Waals surface area contributed by atoms with E-state index in [-0.39, 0.29) is 17.1 Å². The molecule has 6 heteroatoms. The van der Waals surface area contributed by atoms with Crippen LogP contribution in [-0.2, 0) is 26.1 Å². The van der Waals surface area contributed by atoms with E-state index in [1.807, 2.05) is 26.8 Å². The van der Waals surface area contributed by atoms with Gasteiger partial charge >= 0.3 is 5.97 Å². The Morgan fingerprint density at radius 2 is 1.96 bits per heavy atom. The molecule has 2 rings (SSSR count). The highest BCUT2D eigenvalue weighted by Crippen LogP contribution is 2.44. The maximum atomic E-state index is 12.2. The second-order valence-electron chi connectivity index (χ2n) is 7.47. The standard InChI is InChI=1S/C18H25NO4S/c1-17(2,3)24(23)12-13-6-4-7-14(10-13)19-15(20)11-18(16(21)22)8-5-9-18/h4,6-7,10H,5,8-9,11-12H2,1-3H3,(H,19,20)(H,21,22). The predicted octanol–water partition coefficient (Wildman–Crippen LogP) is 3.32. The minimum absolute atomic E-state index is 0.000479. The van der Waals surface area contributed by atoms with Crippen LogP contribution in [0.25, 0.3) is 0 Å². The third-order valence-electron chi connectivity index (χ3n) is 4.45. The van der Waals surface area contributed by atoms with E-state index in [2.05, 4.69) is 5.32 Å². The van der Waals surface area contributed by atoms with Crippen molar-refractivity contribution in [3.63, 3.8) is 0 Å². The van der Waals surface area contributed by atoms with Gasteiger partial charge in [-0.15, -0.1) is 0 Å². The molecule has 0 aliphatic heterocycles. The topological polar surface area (TPSA) is 83.5 Å². The Morgan fingerprint density at radius 3 is 2.46 bits per heavy atom. The summed E-state index contributed by atoms with van der Waals surface area (Å²) in [6, 6.07) is 7.25. The summed E-state index contributed by atoms with van der Waals surface area (Å²) in [6.07, 6.45) is 1.97. The number of benzene rings is 1. The highest BCUT2D eigenvalue weighted by atomic mass is 32.2. The molecule has 2 N–H and O–H groups in total. The van der Waals surface area contributed by atoms with Crippen LogP contribution in [0.3, 0.4) is 0 Å². The number of carboxylic acids is 1. The fraction of sp³-hybridized carbons (Fsp3) is 0.556. The van der Waals surface area contributed by atoms with E-state index in [0.29, 0.717) is 24.3 Å². The minimum atomic E-state index is -1.01. The number of carboxylic acid groups (broad SMARTS) is 1. The van der Waals surface area contributed by atoms with E-state index in [1.54, 1.807) is 18.2 Å². The Kier molecular flexibility index (Phi) is 5.48. The van der Waals surface area contributed by atoms with Gasteiger partial charge in [-0.25, -0.2) is 0 Å². The Labute approximate surface area is 145 Å². The Bertz CT molecular complexity index is 659. The van der Waals surface area contributed by atoms with E-state index < -0.39 is 22.2 Å². The van der Waals surface area contributed by atoms with Crippen molar-refractivity contribution in [3.05, 3.63) is 29.8 Å². The number of hydrogen-bond acceptors (Lipinski definition) is 3. The summed E-state index contributed by atoms with van der Waals surface area (Å²) < 4.78 is 11.9. The van der Waals surface area contributed by atoms with Gasteiger partial charge in [0.2, 0.25) is 5.91 Å². The smallest absolute Gasteiger partial charge is 0.310 e.